The standard InChI is InChI=1S/C21H28N2O7/c1-11-6-8-12(9-7-11)23-13(24)10-22-18(25)16-14-15(28-20(2,3)27-14)17-19(26-16)30-21(4,5)29-17/h6-9,14-17,19H,10H2,1-5H3,(H,22,25)(H,23,24)/t14-,15+,16-,17-,19-/m1/s1. The van der Waals surface area contributed by atoms with Gasteiger partial charge in [0.05, 0.1) is 6.54 Å². The first-order chi connectivity index (χ1) is 14.0. The van der Waals surface area contributed by atoms with Crippen LogP contribution >= 0.6 is 0 Å². The molecule has 3 saturated heterocycles. The molecule has 3 fully saturated rings. The first-order valence-corrected chi connectivity index (χ1v) is 10.0. The first kappa shape index (κ1) is 21.2. The van der Waals surface area contributed by atoms with Crippen LogP contribution in [0.3, 0.4) is 0 Å². The molecule has 9 heteroatoms. The van der Waals surface area contributed by atoms with Gasteiger partial charge in [-0.15, -0.1) is 0 Å². The molecular formula is C21H28N2O7. The Morgan fingerprint density at radius 1 is 0.900 bits per heavy atom. The monoisotopic (exact) mass is 420 g/mol. The maximum Gasteiger partial charge on any atom is 0.252 e. The third-order valence-corrected chi connectivity index (χ3v) is 5.17. The number of hydrogen-bond acceptors (Lipinski definition) is 7. The Morgan fingerprint density at radius 3 is 2.20 bits per heavy atom. The fraction of sp³-hybridized carbons (Fsp3) is 0.619. The maximum atomic E-state index is 12.9. The van der Waals surface area contributed by atoms with Gasteiger partial charge in [0.15, 0.2) is 24.0 Å². The summed E-state index contributed by atoms with van der Waals surface area (Å²) in [5.74, 6) is -2.58. The van der Waals surface area contributed by atoms with Gasteiger partial charge < -0.3 is 34.3 Å². The van der Waals surface area contributed by atoms with Gasteiger partial charge in [0, 0.05) is 5.69 Å². The minimum atomic E-state index is -0.998. The van der Waals surface area contributed by atoms with Crippen LogP contribution < -0.4 is 10.6 Å². The summed E-state index contributed by atoms with van der Waals surface area (Å²) in [7, 11) is 0. The van der Waals surface area contributed by atoms with Gasteiger partial charge in [-0.1, -0.05) is 17.7 Å². The molecule has 0 spiro atoms. The van der Waals surface area contributed by atoms with E-state index in [1.807, 2.05) is 19.1 Å². The number of carbonyl (C=O) groups excluding carboxylic acids is 2. The van der Waals surface area contributed by atoms with Crippen molar-refractivity contribution >= 4 is 17.5 Å². The Balaban J connectivity index is 1.40. The van der Waals surface area contributed by atoms with Crippen molar-refractivity contribution in [2.24, 2.45) is 0 Å². The quantitative estimate of drug-likeness (QED) is 0.760. The summed E-state index contributed by atoms with van der Waals surface area (Å²) in [5.41, 5.74) is 1.75. The normalized spacial score (nSPS) is 33.4. The summed E-state index contributed by atoms with van der Waals surface area (Å²) in [4.78, 5) is 25.1. The van der Waals surface area contributed by atoms with Crippen LogP contribution in [-0.4, -0.2) is 60.6 Å². The molecule has 0 aromatic heterocycles. The van der Waals surface area contributed by atoms with Crippen molar-refractivity contribution in [2.75, 3.05) is 11.9 Å². The highest BCUT2D eigenvalue weighted by Crippen LogP contribution is 2.44. The van der Waals surface area contributed by atoms with Crippen LogP contribution in [-0.2, 0) is 33.3 Å². The van der Waals surface area contributed by atoms with Crippen molar-refractivity contribution in [1.82, 2.24) is 5.32 Å². The second-order valence-corrected chi connectivity index (χ2v) is 8.72. The predicted molar refractivity (Wildman–Crippen MR) is 105 cm³/mol. The Labute approximate surface area is 175 Å². The lowest BCUT2D eigenvalue weighted by molar-refractivity contribution is -0.231. The fourth-order valence-electron chi connectivity index (χ4n) is 3.93. The van der Waals surface area contributed by atoms with Crippen LogP contribution in [0.4, 0.5) is 5.69 Å². The van der Waals surface area contributed by atoms with Crippen LogP contribution in [0.5, 0.6) is 0 Å². The molecule has 0 bridgehead atoms. The van der Waals surface area contributed by atoms with Crippen molar-refractivity contribution in [1.29, 1.82) is 0 Å². The average Bonchev–Trinajstić information content (AvgIpc) is 3.14. The summed E-state index contributed by atoms with van der Waals surface area (Å²) in [5, 5.41) is 5.36. The summed E-state index contributed by atoms with van der Waals surface area (Å²) in [6.45, 7) is 8.84. The molecular weight excluding hydrogens is 392 g/mol. The minimum Gasteiger partial charge on any atom is -0.345 e. The third-order valence-electron chi connectivity index (χ3n) is 5.17. The highest BCUT2D eigenvalue weighted by Gasteiger charge is 2.62. The van der Waals surface area contributed by atoms with Gasteiger partial charge in [0.1, 0.15) is 18.3 Å². The van der Waals surface area contributed by atoms with Gasteiger partial charge in [0.25, 0.3) is 5.91 Å². The van der Waals surface area contributed by atoms with Crippen molar-refractivity contribution < 1.29 is 33.3 Å². The number of aryl methyl sites for hydroxylation is 1. The Kier molecular flexibility index (Phi) is 5.36. The molecule has 0 aliphatic carbocycles. The topological polar surface area (TPSA) is 104 Å². The Bertz CT molecular complexity index is 823. The molecule has 9 nitrogen and oxygen atoms in total. The van der Waals surface area contributed by atoms with E-state index in [2.05, 4.69) is 10.6 Å². The van der Waals surface area contributed by atoms with Crippen molar-refractivity contribution in [3.8, 4) is 0 Å². The van der Waals surface area contributed by atoms with Crippen molar-refractivity contribution in [2.45, 2.75) is 76.9 Å². The zero-order valence-electron chi connectivity index (χ0n) is 17.8. The molecule has 30 heavy (non-hydrogen) atoms. The largest absolute Gasteiger partial charge is 0.345 e. The number of anilines is 1. The lowest BCUT2D eigenvalue weighted by atomic mass is 9.98. The molecule has 2 N–H and O–H groups in total. The second kappa shape index (κ2) is 7.58. The van der Waals surface area contributed by atoms with Crippen LogP contribution in [0.2, 0.25) is 0 Å². The third kappa shape index (κ3) is 4.35. The van der Waals surface area contributed by atoms with Crippen LogP contribution in [0.1, 0.15) is 33.3 Å². The summed E-state index contributed by atoms with van der Waals surface area (Å²) >= 11 is 0. The lowest BCUT2D eigenvalue weighted by Crippen LogP contribution is -2.59. The molecule has 164 valence electrons. The van der Waals surface area contributed by atoms with E-state index in [-0.39, 0.29) is 12.5 Å². The van der Waals surface area contributed by atoms with Gasteiger partial charge in [-0.2, -0.15) is 0 Å². The zero-order valence-corrected chi connectivity index (χ0v) is 17.8. The molecule has 3 aliphatic rings. The first-order valence-electron chi connectivity index (χ1n) is 10.0. The predicted octanol–water partition coefficient (Wildman–Crippen LogP) is 1.45. The van der Waals surface area contributed by atoms with Gasteiger partial charge in [-0.3, -0.25) is 9.59 Å². The highest BCUT2D eigenvalue weighted by molar-refractivity contribution is 5.95. The van der Waals surface area contributed by atoms with E-state index in [1.165, 1.54) is 0 Å². The van der Waals surface area contributed by atoms with Gasteiger partial charge in [0.2, 0.25) is 5.91 Å². The highest BCUT2D eigenvalue weighted by atomic mass is 16.9. The lowest BCUT2D eigenvalue weighted by Gasteiger charge is -2.36. The van der Waals surface area contributed by atoms with Crippen molar-refractivity contribution in [3.05, 3.63) is 29.8 Å². The number of carbonyl (C=O) groups is 2. The Morgan fingerprint density at radius 2 is 1.50 bits per heavy atom. The fourth-order valence-corrected chi connectivity index (χ4v) is 3.93. The molecule has 4 rings (SSSR count). The molecule has 3 heterocycles. The molecule has 3 aliphatic heterocycles. The zero-order chi connectivity index (χ0) is 21.7. The molecule has 2 amide bonds. The summed E-state index contributed by atoms with van der Waals surface area (Å²) < 4.78 is 29.5. The number of benzene rings is 1. The van der Waals surface area contributed by atoms with Gasteiger partial charge >= 0.3 is 0 Å². The van der Waals surface area contributed by atoms with E-state index in [0.717, 1.165) is 5.56 Å². The number of amides is 2. The molecule has 1 aromatic carbocycles. The molecule has 0 unspecified atom stereocenters. The van der Waals surface area contributed by atoms with E-state index in [1.54, 1.807) is 39.8 Å². The number of nitrogens with one attached hydrogen (secondary N) is 2. The Hall–Kier alpha value is -2.04. The van der Waals surface area contributed by atoms with E-state index >= 15 is 0 Å². The van der Waals surface area contributed by atoms with Crippen molar-refractivity contribution in [3.63, 3.8) is 0 Å². The van der Waals surface area contributed by atoms with E-state index in [4.69, 9.17) is 23.7 Å². The number of ether oxygens (including phenoxy) is 5. The second-order valence-electron chi connectivity index (χ2n) is 8.72. The van der Waals surface area contributed by atoms with Crippen LogP contribution in [0.25, 0.3) is 0 Å². The van der Waals surface area contributed by atoms with Crippen LogP contribution in [0.15, 0.2) is 24.3 Å². The molecule has 0 saturated carbocycles. The molecule has 0 radical (unpaired) electrons. The minimum absolute atomic E-state index is 0.203. The van der Waals surface area contributed by atoms with Gasteiger partial charge in [-0.25, -0.2) is 0 Å². The maximum absolute atomic E-state index is 12.9. The summed E-state index contributed by atoms with van der Waals surface area (Å²) in [6, 6.07) is 7.39. The average molecular weight is 420 g/mol. The smallest absolute Gasteiger partial charge is 0.252 e. The molecule has 5 atom stereocenters. The number of fused-ring (bicyclic) bond motifs is 3. The summed E-state index contributed by atoms with van der Waals surface area (Å²) in [6.07, 6.45) is -3.49. The van der Waals surface area contributed by atoms with E-state index < -0.39 is 48.2 Å². The SMILES string of the molecule is Cc1ccc(NC(=O)CNC(=O)[C@@H]2O[C@@H]3OC(C)(C)O[C@@H]3[C@H]3OC(C)(C)O[C@H]32)cc1. The number of hydrogen-bond donors (Lipinski definition) is 2. The van der Waals surface area contributed by atoms with Crippen LogP contribution in [0, 0.1) is 6.92 Å². The van der Waals surface area contributed by atoms with E-state index in [9.17, 15) is 9.59 Å². The van der Waals surface area contributed by atoms with E-state index in [0.29, 0.717) is 5.69 Å². The molecule has 1 aromatic rings. The number of rotatable bonds is 4. The van der Waals surface area contributed by atoms with Gasteiger partial charge in [-0.05, 0) is 46.8 Å².